The number of hydrogen-bond acceptors (Lipinski definition) is 3. The molecular formula is C4H8O5. The van der Waals surface area contributed by atoms with Gasteiger partial charge in [0.25, 0.3) is 6.47 Å². The van der Waals surface area contributed by atoms with Crippen LogP contribution in [0, 0.1) is 0 Å². The summed E-state index contributed by atoms with van der Waals surface area (Å²) >= 11 is 0. The summed E-state index contributed by atoms with van der Waals surface area (Å²) in [4.78, 5) is 17.8. The number of aliphatic hydroxyl groups excluding tert-OH is 1. The summed E-state index contributed by atoms with van der Waals surface area (Å²) < 4.78 is 0. The van der Waals surface area contributed by atoms with Crippen molar-refractivity contribution in [3.8, 4) is 0 Å². The van der Waals surface area contributed by atoms with Gasteiger partial charge in [-0.3, -0.25) is 4.79 Å². The Balaban J connectivity index is 0. The fraction of sp³-hybridized carbons (Fsp3) is 0.500. The molecule has 0 aromatic heterocycles. The molecule has 5 heteroatoms. The number of hydrogen-bond donors (Lipinski definition) is 3. The Kier molecular flexibility index (Phi) is 8.28. The van der Waals surface area contributed by atoms with Crippen molar-refractivity contribution in [2.75, 3.05) is 0 Å². The second-order valence-corrected chi connectivity index (χ2v) is 1.12. The van der Waals surface area contributed by atoms with Crippen molar-refractivity contribution in [2.24, 2.45) is 0 Å². The Bertz CT molecular complexity index is 87.0. The first-order valence-corrected chi connectivity index (χ1v) is 2.05. The van der Waals surface area contributed by atoms with Gasteiger partial charge in [0.1, 0.15) is 6.10 Å². The monoisotopic (exact) mass is 136 g/mol. The smallest absolute Gasteiger partial charge is 0.332 e. The Labute approximate surface area is 51.5 Å². The van der Waals surface area contributed by atoms with Crippen LogP contribution in [-0.4, -0.2) is 33.9 Å². The third-order valence-electron chi connectivity index (χ3n) is 0.357. The molecule has 0 fully saturated rings. The maximum atomic E-state index is 9.45. The quantitative estimate of drug-likeness (QED) is 0.408. The SMILES string of the molecule is CC(O)C(=O)O.O=CO. The fourth-order valence-corrected chi connectivity index (χ4v) is 0. The van der Waals surface area contributed by atoms with E-state index < -0.39 is 12.1 Å². The highest BCUT2D eigenvalue weighted by atomic mass is 16.4. The summed E-state index contributed by atoms with van der Waals surface area (Å²) in [5.41, 5.74) is 0. The minimum atomic E-state index is -1.23. The highest BCUT2D eigenvalue weighted by molar-refractivity contribution is 5.71. The van der Waals surface area contributed by atoms with E-state index in [0.717, 1.165) is 0 Å². The summed E-state index contributed by atoms with van der Waals surface area (Å²) in [6.07, 6.45) is -1.23. The third kappa shape index (κ3) is 19.7. The second-order valence-electron chi connectivity index (χ2n) is 1.12. The molecule has 54 valence electrons. The van der Waals surface area contributed by atoms with E-state index in [1.54, 1.807) is 0 Å². The Hall–Kier alpha value is -1.10. The molecule has 0 saturated heterocycles. The van der Waals surface area contributed by atoms with E-state index in [1.807, 2.05) is 0 Å². The zero-order chi connectivity index (χ0) is 7.86. The molecule has 0 spiro atoms. The van der Waals surface area contributed by atoms with Crippen LogP contribution in [0.2, 0.25) is 0 Å². The molecular weight excluding hydrogens is 128 g/mol. The van der Waals surface area contributed by atoms with Gasteiger partial charge in [-0.25, -0.2) is 4.79 Å². The van der Waals surface area contributed by atoms with Gasteiger partial charge in [0.15, 0.2) is 0 Å². The van der Waals surface area contributed by atoms with E-state index in [0.29, 0.717) is 0 Å². The van der Waals surface area contributed by atoms with Gasteiger partial charge in [0.05, 0.1) is 0 Å². The van der Waals surface area contributed by atoms with Crippen molar-refractivity contribution in [1.82, 2.24) is 0 Å². The molecule has 9 heavy (non-hydrogen) atoms. The normalized spacial score (nSPS) is 10.4. The van der Waals surface area contributed by atoms with E-state index >= 15 is 0 Å². The number of carbonyl (C=O) groups is 2. The first-order chi connectivity index (χ1) is 4.06. The minimum Gasteiger partial charge on any atom is -0.483 e. The van der Waals surface area contributed by atoms with Crippen LogP contribution < -0.4 is 0 Å². The van der Waals surface area contributed by atoms with E-state index in [-0.39, 0.29) is 6.47 Å². The molecule has 0 aliphatic rings. The number of aliphatic hydroxyl groups is 1. The van der Waals surface area contributed by atoms with Crippen molar-refractivity contribution in [3.05, 3.63) is 0 Å². The standard InChI is InChI=1S/C3H6O3.CH2O2/c1-2(4)3(5)6;2-1-3/h2,4H,1H3,(H,5,6);1H,(H,2,3). The topological polar surface area (TPSA) is 94.8 Å². The molecule has 1 atom stereocenters. The molecule has 0 aromatic rings. The van der Waals surface area contributed by atoms with Crippen LogP contribution in [0.15, 0.2) is 0 Å². The lowest BCUT2D eigenvalue weighted by Crippen LogP contribution is -2.13. The Morgan fingerprint density at radius 1 is 1.67 bits per heavy atom. The molecule has 0 saturated carbocycles. The average Bonchev–Trinajstić information content (AvgIpc) is 1.68. The molecule has 0 aliphatic heterocycles. The summed E-state index contributed by atoms with van der Waals surface area (Å²) in [6, 6.07) is 0. The number of carboxylic acid groups (broad SMARTS) is 2. The minimum absolute atomic E-state index is 0.250. The average molecular weight is 136 g/mol. The van der Waals surface area contributed by atoms with Gasteiger partial charge in [-0.2, -0.15) is 0 Å². The van der Waals surface area contributed by atoms with Gasteiger partial charge in [-0.15, -0.1) is 0 Å². The highest BCUT2D eigenvalue weighted by Gasteiger charge is 2.01. The van der Waals surface area contributed by atoms with Crippen LogP contribution in [0.4, 0.5) is 0 Å². The van der Waals surface area contributed by atoms with Crippen LogP contribution in [0.3, 0.4) is 0 Å². The van der Waals surface area contributed by atoms with Crippen molar-refractivity contribution in [1.29, 1.82) is 0 Å². The third-order valence-corrected chi connectivity index (χ3v) is 0.357. The highest BCUT2D eigenvalue weighted by Crippen LogP contribution is 1.73. The molecule has 0 aromatic carbocycles. The molecule has 3 N–H and O–H groups in total. The van der Waals surface area contributed by atoms with Crippen LogP contribution >= 0.6 is 0 Å². The lowest BCUT2D eigenvalue weighted by Gasteiger charge is -1.89. The van der Waals surface area contributed by atoms with Gasteiger partial charge in [0.2, 0.25) is 0 Å². The fourth-order valence-electron chi connectivity index (χ4n) is 0. The summed E-state index contributed by atoms with van der Waals surface area (Å²) in [6.45, 7) is 0.947. The molecule has 0 amide bonds. The van der Waals surface area contributed by atoms with Gasteiger partial charge in [-0.1, -0.05) is 0 Å². The summed E-state index contributed by atoms with van der Waals surface area (Å²) in [5, 5.41) is 22.7. The van der Waals surface area contributed by atoms with Crippen molar-refractivity contribution < 1.29 is 24.9 Å². The Morgan fingerprint density at radius 2 is 1.78 bits per heavy atom. The van der Waals surface area contributed by atoms with E-state index in [2.05, 4.69) is 0 Å². The van der Waals surface area contributed by atoms with Gasteiger partial charge in [0, 0.05) is 0 Å². The summed E-state index contributed by atoms with van der Waals surface area (Å²) in [5.74, 6) is -1.19. The predicted octanol–water partition coefficient (Wildman–Crippen LogP) is -0.847. The zero-order valence-electron chi connectivity index (χ0n) is 4.81. The molecule has 1 unspecified atom stereocenters. The second kappa shape index (κ2) is 6.90. The summed E-state index contributed by atoms with van der Waals surface area (Å²) in [7, 11) is 0. The van der Waals surface area contributed by atoms with Crippen molar-refractivity contribution in [2.45, 2.75) is 13.0 Å². The first-order valence-electron chi connectivity index (χ1n) is 2.05. The zero-order valence-corrected chi connectivity index (χ0v) is 4.81. The van der Waals surface area contributed by atoms with Crippen molar-refractivity contribution in [3.63, 3.8) is 0 Å². The molecule has 0 rings (SSSR count). The molecule has 0 bridgehead atoms. The lowest BCUT2D eigenvalue weighted by atomic mass is 10.4. The van der Waals surface area contributed by atoms with Crippen LogP contribution in [0.1, 0.15) is 6.92 Å². The molecule has 5 nitrogen and oxygen atoms in total. The Morgan fingerprint density at radius 3 is 1.78 bits per heavy atom. The molecule has 0 aliphatic carbocycles. The predicted molar refractivity (Wildman–Crippen MR) is 28.0 cm³/mol. The van der Waals surface area contributed by atoms with Gasteiger partial charge in [-0.05, 0) is 6.92 Å². The number of rotatable bonds is 1. The van der Waals surface area contributed by atoms with Gasteiger partial charge >= 0.3 is 5.97 Å². The van der Waals surface area contributed by atoms with Crippen LogP contribution in [0.25, 0.3) is 0 Å². The van der Waals surface area contributed by atoms with Gasteiger partial charge < -0.3 is 15.3 Å². The lowest BCUT2D eigenvalue weighted by molar-refractivity contribution is -0.145. The maximum absolute atomic E-state index is 9.45. The number of aliphatic carboxylic acids is 1. The molecule has 0 radical (unpaired) electrons. The van der Waals surface area contributed by atoms with Crippen LogP contribution in [-0.2, 0) is 9.59 Å². The van der Waals surface area contributed by atoms with E-state index in [4.69, 9.17) is 20.1 Å². The van der Waals surface area contributed by atoms with Crippen molar-refractivity contribution >= 4 is 12.4 Å². The molecule has 0 heterocycles. The van der Waals surface area contributed by atoms with E-state index in [9.17, 15) is 4.79 Å². The van der Waals surface area contributed by atoms with E-state index in [1.165, 1.54) is 6.92 Å². The maximum Gasteiger partial charge on any atom is 0.332 e. The van der Waals surface area contributed by atoms with Crippen LogP contribution in [0.5, 0.6) is 0 Å². The largest absolute Gasteiger partial charge is 0.483 e. The number of carboxylic acids is 1. The first kappa shape index (κ1) is 10.8.